The summed E-state index contributed by atoms with van der Waals surface area (Å²) in [5, 5.41) is 18.6. The number of carbonyl (C=O) groups excluding carboxylic acids is 5. The Bertz CT molecular complexity index is 1760. The first-order valence-electron chi connectivity index (χ1n) is 17.9. The number of ether oxygens (including phenoxy) is 2. The van der Waals surface area contributed by atoms with E-state index in [0.29, 0.717) is 36.4 Å². The van der Waals surface area contributed by atoms with Gasteiger partial charge in [0.2, 0.25) is 29.5 Å². The van der Waals surface area contributed by atoms with E-state index in [1.54, 1.807) is 74.9 Å². The third-order valence-electron chi connectivity index (χ3n) is 10.00. The summed E-state index contributed by atoms with van der Waals surface area (Å²) >= 11 is 0. The summed E-state index contributed by atoms with van der Waals surface area (Å²) in [6, 6.07) is 15.3. The van der Waals surface area contributed by atoms with Crippen molar-refractivity contribution in [3.8, 4) is 17.2 Å². The normalized spacial score (nSPS) is 23.1. The summed E-state index contributed by atoms with van der Waals surface area (Å²) in [7, 11) is 4.60. The van der Waals surface area contributed by atoms with Gasteiger partial charge in [0.25, 0.3) is 0 Å². The highest BCUT2D eigenvalue weighted by Crippen LogP contribution is 2.23. The van der Waals surface area contributed by atoms with Gasteiger partial charge >= 0.3 is 0 Å². The molecule has 5 rings (SSSR count). The Balaban J connectivity index is 1.58. The SMILES string of the molecule is COc1ccc(C[C@@H]2NC(=O)[C@@H]3CCCN3C(=O)[C@H](C(C)C)NC(=O)[C@H](Cc3ccc(O)cc3)N(C)C(=O)[C@H](Cc3ccc(OC)cc3)NC2=O)cc1. The molecule has 0 bridgehead atoms. The third-order valence-corrected chi connectivity index (χ3v) is 10.00. The lowest BCUT2D eigenvalue weighted by Crippen LogP contribution is -2.59. The van der Waals surface area contributed by atoms with Gasteiger partial charge in [0.1, 0.15) is 47.5 Å². The van der Waals surface area contributed by atoms with Gasteiger partial charge in [0, 0.05) is 32.9 Å². The van der Waals surface area contributed by atoms with E-state index in [9.17, 15) is 29.1 Å². The Kier molecular flexibility index (Phi) is 12.6. The van der Waals surface area contributed by atoms with Crippen molar-refractivity contribution < 1.29 is 38.6 Å². The largest absolute Gasteiger partial charge is 0.508 e. The smallest absolute Gasteiger partial charge is 0.246 e. The maximum atomic E-state index is 14.6. The van der Waals surface area contributed by atoms with Gasteiger partial charge in [-0.3, -0.25) is 24.0 Å². The Hall–Kier alpha value is -5.59. The average Bonchev–Trinajstić information content (AvgIpc) is 3.66. The molecule has 282 valence electrons. The van der Waals surface area contributed by atoms with Crippen LogP contribution >= 0.6 is 0 Å². The lowest BCUT2D eigenvalue weighted by molar-refractivity contribution is -0.144. The molecule has 0 radical (unpaired) electrons. The molecule has 0 aromatic heterocycles. The molecule has 0 saturated carbocycles. The first-order chi connectivity index (χ1) is 25.4. The van der Waals surface area contributed by atoms with Crippen LogP contribution in [-0.4, -0.2) is 102 Å². The number of phenols is 1. The highest BCUT2D eigenvalue weighted by atomic mass is 16.5. The molecular formula is C40H49N5O8. The highest BCUT2D eigenvalue weighted by molar-refractivity contribution is 5.98. The molecule has 13 nitrogen and oxygen atoms in total. The standard InChI is InChI=1S/C40H49N5O8/c1-24(2)35-40(51)45-20-6-7-33(45)37(48)41-31(21-25-10-16-29(52-4)17-11-25)36(47)42-32(22-26-12-18-30(53-5)19-13-26)39(50)44(3)34(38(49)43-35)23-27-8-14-28(46)15-9-27/h8-19,24,31-35,46H,6-7,20-23H2,1-5H3,(H,41,48)(H,42,47)(H,43,49)/t31-,32-,33-,34-,35-/m0/s1. The summed E-state index contributed by atoms with van der Waals surface area (Å²) < 4.78 is 10.6. The topological polar surface area (TPSA) is 167 Å². The van der Waals surface area contributed by atoms with E-state index in [1.165, 1.54) is 29.0 Å². The molecule has 2 aliphatic rings. The summed E-state index contributed by atoms with van der Waals surface area (Å²) in [5.41, 5.74) is 2.12. The molecule has 0 aliphatic carbocycles. The predicted molar refractivity (Wildman–Crippen MR) is 197 cm³/mol. The molecule has 2 fully saturated rings. The molecule has 5 atom stereocenters. The second-order valence-electron chi connectivity index (χ2n) is 14.0. The molecule has 5 amide bonds. The minimum atomic E-state index is -1.15. The Morgan fingerprint density at radius 3 is 1.74 bits per heavy atom. The van der Waals surface area contributed by atoms with Crippen LogP contribution in [0.5, 0.6) is 17.2 Å². The van der Waals surface area contributed by atoms with Gasteiger partial charge in [-0.2, -0.15) is 0 Å². The number of rotatable bonds is 9. The van der Waals surface area contributed by atoms with E-state index in [4.69, 9.17) is 9.47 Å². The van der Waals surface area contributed by atoms with Gasteiger partial charge in [0.15, 0.2) is 0 Å². The number of hydrogen-bond acceptors (Lipinski definition) is 8. The Labute approximate surface area is 310 Å². The van der Waals surface area contributed by atoms with Crippen LogP contribution < -0.4 is 25.4 Å². The quantitative estimate of drug-likeness (QED) is 0.261. The Morgan fingerprint density at radius 2 is 1.19 bits per heavy atom. The fourth-order valence-electron chi connectivity index (χ4n) is 6.85. The number of aromatic hydroxyl groups is 1. The molecular weight excluding hydrogens is 678 g/mol. The van der Waals surface area contributed by atoms with Crippen LogP contribution in [0.4, 0.5) is 0 Å². The monoisotopic (exact) mass is 727 g/mol. The van der Waals surface area contributed by atoms with Crippen molar-refractivity contribution in [3.63, 3.8) is 0 Å². The van der Waals surface area contributed by atoms with Crippen LogP contribution in [0.3, 0.4) is 0 Å². The van der Waals surface area contributed by atoms with Crippen LogP contribution in [0.2, 0.25) is 0 Å². The van der Waals surface area contributed by atoms with Crippen LogP contribution in [0.25, 0.3) is 0 Å². The predicted octanol–water partition coefficient (Wildman–Crippen LogP) is 2.38. The van der Waals surface area contributed by atoms with Gasteiger partial charge in [-0.05, 0) is 71.8 Å². The first kappa shape index (κ1) is 38.6. The summed E-state index contributed by atoms with van der Waals surface area (Å²) in [6.07, 6.45) is 1.18. The lowest BCUT2D eigenvalue weighted by atomic mass is 9.98. The highest BCUT2D eigenvalue weighted by Gasteiger charge is 2.42. The molecule has 0 unspecified atom stereocenters. The van der Waals surface area contributed by atoms with Crippen molar-refractivity contribution in [2.75, 3.05) is 27.8 Å². The third kappa shape index (κ3) is 9.45. The van der Waals surface area contributed by atoms with Crippen molar-refractivity contribution in [2.45, 2.75) is 76.2 Å². The number of fused-ring (bicyclic) bond motifs is 1. The number of methoxy groups -OCH3 is 2. The molecule has 3 aromatic rings. The number of phenolic OH excluding ortho intramolecular Hbond substituents is 1. The lowest BCUT2D eigenvalue weighted by Gasteiger charge is -2.34. The number of benzene rings is 3. The van der Waals surface area contributed by atoms with Crippen LogP contribution in [0.1, 0.15) is 43.4 Å². The number of amides is 5. The molecule has 2 saturated heterocycles. The van der Waals surface area contributed by atoms with Crippen molar-refractivity contribution in [3.05, 3.63) is 89.5 Å². The fourth-order valence-corrected chi connectivity index (χ4v) is 6.85. The fraction of sp³-hybridized carbons (Fsp3) is 0.425. The summed E-state index contributed by atoms with van der Waals surface area (Å²) in [6.45, 7) is 3.93. The zero-order chi connectivity index (χ0) is 38.2. The minimum absolute atomic E-state index is 0.0463. The van der Waals surface area contributed by atoms with E-state index in [0.717, 1.165) is 11.1 Å². The van der Waals surface area contributed by atoms with Crippen molar-refractivity contribution >= 4 is 29.5 Å². The first-order valence-corrected chi connectivity index (χ1v) is 17.9. The second kappa shape index (κ2) is 17.3. The second-order valence-corrected chi connectivity index (χ2v) is 14.0. The molecule has 0 spiro atoms. The zero-order valence-electron chi connectivity index (χ0n) is 30.8. The maximum absolute atomic E-state index is 14.6. The van der Waals surface area contributed by atoms with Crippen LogP contribution in [-0.2, 0) is 43.2 Å². The summed E-state index contributed by atoms with van der Waals surface area (Å²) in [5.74, 6) is -1.68. The van der Waals surface area contributed by atoms with Gasteiger partial charge in [-0.25, -0.2) is 0 Å². The Morgan fingerprint density at radius 1 is 0.679 bits per heavy atom. The zero-order valence-corrected chi connectivity index (χ0v) is 30.8. The number of nitrogens with one attached hydrogen (secondary N) is 3. The van der Waals surface area contributed by atoms with Gasteiger partial charge in [-0.1, -0.05) is 50.2 Å². The van der Waals surface area contributed by atoms with Crippen LogP contribution in [0.15, 0.2) is 72.8 Å². The minimum Gasteiger partial charge on any atom is -0.508 e. The van der Waals surface area contributed by atoms with E-state index >= 15 is 0 Å². The number of hydrogen-bond donors (Lipinski definition) is 4. The van der Waals surface area contributed by atoms with Gasteiger partial charge in [0.05, 0.1) is 14.2 Å². The van der Waals surface area contributed by atoms with Crippen molar-refractivity contribution in [2.24, 2.45) is 5.92 Å². The van der Waals surface area contributed by atoms with E-state index < -0.39 is 59.7 Å². The number of nitrogens with zero attached hydrogens (tertiary/aromatic N) is 2. The van der Waals surface area contributed by atoms with Crippen LogP contribution in [0, 0.1) is 5.92 Å². The van der Waals surface area contributed by atoms with E-state index in [2.05, 4.69) is 16.0 Å². The van der Waals surface area contributed by atoms with Gasteiger partial charge in [-0.15, -0.1) is 0 Å². The summed E-state index contributed by atoms with van der Waals surface area (Å²) in [4.78, 5) is 74.1. The molecule has 3 aromatic carbocycles. The molecule has 53 heavy (non-hydrogen) atoms. The van der Waals surface area contributed by atoms with Crippen molar-refractivity contribution in [1.82, 2.24) is 25.8 Å². The van der Waals surface area contributed by atoms with E-state index in [-0.39, 0.29) is 30.9 Å². The molecule has 2 heterocycles. The number of carbonyl (C=O) groups is 5. The molecule has 13 heteroatoms. The molecule has 4 N–H and O–H groups in total. The maximum Gasteiger partial charge on any atom is 0.246 e. The molecule has 2 aliphatic heterocycles. The van der Waals surface area contributed by atoms with E-state index in [1.807, 2.05) is 13.8 Å². The number of likely N-dealkylation sites (N-methyl/N-ethyl adjacent to an activating group) is 1. The van der Waals surface area contributed by atoms with Gasteiger partial charge < -0.3 is 40.3 Å². The van der Waals surface area contributed by atoms with Crippen molar-refractivity contribution in [1.29, 1.82) is 0 Å². The average molecular weight is 728 g/mol.